The van der Waals surface area contributed by atoms with E-state index in [9.17, 15) is 24.3 Å². The van der Waals surface area contributed by atoms with Gasteiger partial charge in [-0.15, -0.1) is 0 Å². The number of hydrogen-bond acceptors (Lipinski definition) is 8. The van der Waals surface area contributed by atoms with Crippen LogP contribution in [0.15, 0.2) is 48.5 Å². The van der Waals surface area contributed by atoms with Crippen molar-refractivity contribution >= 4 is 35.8 Å². The molecule has 1 aliphatic carbocycles. The maximum Gasteiger partial charge on any atom is 0.411 e. The van der Waals surface area contributed by atoms with Gasteiger partial charge in [-0.2, -0.15) is 11.8 Å². The number of carbonyl (C=O) groups is 4. The number of thioether (sulfide) groups is 1. The fraction of sp³-hybridized carbons (Fsp3) is 0.698. The summed E-state index contributed by atoms with van der Waals surface area (Å²) in [6, 6.07) is 13.5. The predicted octanol–water partition coefficient (Wildman–Crippen LogP) is 14.4. The first-order valence-corrected chi connectivity index (χ1v) is 26.2. The number of ether oxygens (including phenoxy) is 3. The van der Waals surface area contributed by atoms with Gasteiger partial charge in [-0.3, -0.25) is 14.5 Å². The number of hydrogen-bond donors (Lipinski definition) is 1. The van der Waals surface area contributed by atoms with Gasteiger partial charge in [0.05, 0.1) is 13.2 Å². The van der Waals surface area contributed by atoms with E-state index >= 15 is 0 Å². The van der Waals surface area contributed by atoms with Crippen LogP contribution < -0.4 is 0 Å². The second-order valence-corrected chi connectivity index (χ2v) is 18.7. The molecule has 0 saturated carbocycles. The largest absolute Gasteiger partial charge is 0.480 e. The number of esters is 2. The molecule has 1 amide bonds. The lowest BCUT2D eigenvalue weighted by Gasteiger charge is -2.34. The number of rotatable bonds is 38. The summed E-state index contributed by atoms with van der Waals surface area (Å²) < 4.78 is 16.8. The Morgan fingerprint density at radius 1 is 0.571 bits per heavy atom. The summed E-state index contributed by atoms with van der Waals surface area (Å²) >= 11 is 1.26. The van der Waals surface area contributed by atoms with Gasteiger partial charge in [-0.05, 0) is 35.1 Å². The molecule has 0 bridgehead atoms. The van der Waals surface area contributed by atoms with Crippen LogP contribution in [0.25, 0.3) is 11.1 Å². The molecule has 0 heterocycles. The molecule has 10 heteroatoms. The number of aliphatic carboxylic acids is 1. The SMILES string of the molecule is CCCCCCCCCCCCCCCC(=O)OCC(CSCC(C(=O)O)N(C(=O)OC)C1c2ccccc2-c2ccccc21)OC(=O)CCCCCCCCCCCCCCC. The van der Waals surface area contributed by atoms with E-state index in [-0.39, 0.29) is 36.5 Å². The normalized spacial score (nSPS) is 12.9. The molecule has 0 saturated heterocycles. The molecule has 354 valence electrons. The van der Waals surface area contributed by atoms with E-state index in [1.54, 1.807) is 0 Å². The Hall–Kier alpha value is -3.53. The van der Waals surface area contributed by atoms with E-state index in [2.05, 4.69) is 13.8 Å². The van der Waals surface area contributed by atoms with Gasteiger partial charge in [-0.1, -0.05) is 216 Å². The Bertz CT molecular complexity index is 1520. The van der Waals surface area contributed by atoms with Crippen LogP contribution >= 0.6 is 11.8 Å². The first-order valence-electron chi connectivity index (χ1n) is 25.0. The highest BCUT2D eigenvalue weighted by molar-refractivity contribution is 7.99. The smallest absolute Gasteiger partial charge is 0.411 e. The summed E-state index contributed by atoms with van der Waals surface area (Å²) in [4.78, 5) is 53.7. The third kappa shape index (κ3) is 21.3. The van der Waals surface area contributed by atoms with Crippen LogP contribution in [0, 0.1) is 0 Å². The summed E-state index contributed by atoms with van der Waals surface area (Å²) in [6.45, 7) is 4.40. The van der Waals surface area contributed by atoms with Crippen LogP contribution in [0.4, 0.5) is 4.79 Å². The zero-order chi connectivity index (χ0) is 45.3. The van der Waals surface area contributed by atoms with E-state index in [1.807, 2.05) is 48.5 Å². The van der Waals surface area contributed by atoms with Gasteiger partial charge < -0.3 is 19.3 Å². The first kappa shape index (κ1) is 53.8. The lowest BCUT2D eigenvalue weighted by Crippen LogP contribution is -2.48. The number of amides is 1. The van der Waals surface area contributed by atoms with E-state index < -0.39 is 30.3 Å². The third-order valence-corrected chi connectivity index (χ3v) is 13.5. The molecule has 1 aliphatic rings. The summed E-state index contributed by atoms with van der Waals surface area (Å²) in [6.07, 6.45) is 30.7. The number of carboxylic acid groups (broad SMARTS) is 1. The number of methoxy groups -OCH3 is 1. The molecular formula is C53H83NO8S. The van der Waals surface area contributed by atoms with Crippen LogP contribution in [0.2, 0.25) is 0 Å². The third-order valence-electron chi connectivity index (χ3n) is 12.4. The monoisotopic (exact) mass is 894 g/mol. The van der Waals surface area contributed by atoms with Crippen molar-refractivity contribution in [1.82, 2.24) is 4.90 Å². The van der Waals surface area contributed by atoms with Crippen molar-refractivity contribution in [3.05, 3.63) is 59.7 Å². The highest BCUT2D eigenvalue weighted by Crippen LogP contribution is 2.47. The molecule has 63 heavy (non-hydrogen) atoms. The maximum atomic E-state index is 13.5. The molecule has 2 aromatic rings. The highest BCUT2D eigenvalue weighted by atomic mass is 32.2. The van der Waals surface area contributed by atoms with Gasteiger partial charge in [0.25, 0.3) is 0 Å². The fourth-order valence-electron chi connectivity index (χ4n) is 8.72. The van der Waals surface area contributed by atoms with Crippen molar-refractivity contribution in [3.8, 4) is 11.1 Å². The van der Waals surface area contributed by atoms with E-state index in [0.717, 1.165) is 60.8 Å². The molecule has 3 rings (SSSR count). The van der Waals surface area contributed by atoms with Gasteiger partial charge in [0.2, 0.25) is 0 Å². The number of fused-ring (bicyclic) bond motifs is 3. The predicted molar refractivity (Wildman–Crippen MR) is 258 cm³/mol. The Kier molecular flexibility index (Phi) is 29.0. The molecule has 1 N–H and O–H groups in total. The fourth-order valence-corrected chi connectivity index (χ4v) is 9.81. The first-order chi connectivity index (χ1) is 30.8. The Morgan fingerprint density at radius 3 is 1.38 bits per heavy atom. The van der Waals surface area contributed by atoms with Crippen LogP contribution in [-0.2, 0) is 28.6 Å². The zero-order valence-corrected chi connectivity index (χ0v) is 40.2. The van der Waals surface area contributed by atoms with Crippen molar-refractivity contribution < 1.29 is 38.5 Å². The van der Waals surface area contributed by atoms with E-state index in [1.165, 1.54) is 152 Å². The van der Waals surface area contributed by atoms with Crippen LogP contribution in [0.1, 0.15) is 211 Å². The molecule has 2 unspecified atom stereocenters. The lowest BCUT2D eigenvalue weighted by atomic mass is 10.0. The standard InChI is InChI=1S/C53H83NO8S/c1-4-6-8-10-12-14-16-18-20-22-24-26-28-38-49(55)61-40-43(62-50(56)39-29-27-25-23-21-19-17-15-13-11-9-7-5-2)41-63-42-48(52(57)58)54(53(59)60-3)51-46-36-32-30-34-44(46)45-35-31-33-37-47(45)51/h30-37,43,48,51H,4-29,38-42H2,1-3H3,(H,57,58). The number of carbonyl (C=O) groups excluding carboxylic acids is 3. The van der Waals surface area contributed by atoms with Crippen molar-refractivity contribution in [2.24, 2.45) is 0 Å². The molecule has 0 aromatic heterocycles. The minimum atomic E-state index is -1.26. The number of nitrogens with zero attached hydrogens (tertiary/aromatic N) is 1. The quantitative estimate of drug-likeness (QED) is 0.0399. The van der Waals surface area contributed by atoms with Crippen molar-refractivity contribution in [3.63, 3.8) is 0 Å². The minimum Gasteiger partial charge on any atom is -0.480 e. The van der Waals surface area contributed by atoms with Crippen molar-refractivity contribution in [2.45, 2.75) is 212 Å². The molecule has 0 radical (unpaired) electrons. The molecule has 0 spiro atoms. The van der Waals surface area contributed by atoms with Crippen LogP contribution in [-0.4, -0.2) is 71.4 Å². The molecule has 9 nitrogen and oxygen atoms in total. The summed E-state index contributed by atoms with van der Waals surface area (Å²) in [5, 5.41) is 10.6. The topological polar surface area (TPSA) is 119 Å². The Morgan fingerprint density at radius 2 is 0.968 bits per heavy atom. The van der Waals surface area contributed by atoms with Gasteiger partial charge >= 0.3 is 24.0 Å². The minimum absolute atomic E-state index is 0.00504. The van der Waals surface area contributed by atoms with Crippen LogP contribution in [0.5, 0.6) is 0 Å². The number of benzene rings is 2. The van der Waals surface area contributed by atoms with E-state index in [4.69, 9.17) is 14.2 Å². The van der Waals surface area contributed by atoms with Crippen molar-refractivity contribution in [2.75, 3.05) is 25.2 Å². The van der Waals surface area contributed by atoms with Gasteiger partial charge in [0.1, 0.15) is 18.8 Å². The summed E-state index contributed by atoms with van der Waals surface area (Å²) in [5.74, 6) is -1.63. The molecule has 2 aromatic carbocycles. The maximum absolute atomic E-state index is 13.5. The molecular weight excluding hydrogens is 811 g/mol. The van der Waals surface area contributed by atoms with Crippen molar-refractivity contribution in [1.29, 1.82) is 0 Å². The van der Waals surface area contributed by atoms with Gasteiger partial charge in [0, 0.05) is 24.3 Å². The molecule has 0 fully saturated rings. The summed E-state index contributed by atoms with van der Waals surface area (Å²) in [7, 11) is 1.26. The Labute approximate surface area is 385 Å². The lowest BCUT2D eigenvalue weighted by molar-refractivity contribution is -0.157. The number of unbranched alkanes of at least 4 members (excludes halogenated alkanes) is 24. The van der Waals surface area contributed by atoms with E-state index in [0.29, 0.717) is 6.42 Å². The molecule has 2 atom stereocenters. The average Bonchev–Trinajstić information content (AvgIpc) is 3.61. The highest BCUT2D eigenvalue weighted by Gasteiger charge is 2.42. The molecule has 0 aliphatic heterocycles. The van der Waals surface area contributed by atoms with Gasteiger partial charge in [0.15, 0.2) is 0 Å². The summed E-state index contributed by atoms with van der Waals surface area (Å²) in [5.41, 5.74) is 3.55. The van der Waals surface area contributed by atoms with Crippen LogP contribution in [0.3, 0.4) is 0 Å². The zero-order valence-electron chi connectivity index (χ0n) is 39.4. The second kappa shape index (κ2) is 33.9. The van der Waals surface area contributed by atoms with Gasteiger partial charge in [-0.25, -0.2) is 9.59 Å². The average molecular weight is 894 g/mol. The second-order valence-electron chi connectivity index (χ2n) is 17.6. The Balaban J connectivity index is 1.50. The number of carboxylic acids is 1.